The van der Waals surface area contributed by atoms with Crippen molar-refractivity contribution in [3.8, 4) is 0 Å². The number of aromatic nitrogens is 3. The van der Waals surface area contributed by atoms with E-state index < -0.39 is 0 Å². The molecule has 106 valence electrons. The third kappa shape index (κ3) is 2.25. The minimum atomic E-state index is 0.546. The fraction of sp³-hybridized carbons (Fsp3) is 0.600. The summed E-state index contributed by atoms with van der Waals surface area (Å²) in [6.07, 6.45) is 7.13. The van der Waals surface area contributed by atoms with Crippen LogP contribution in [0.4, 0.5) is 0 Å². The molecule has 2 aromatic heterocycles. The zero-order valence-corrected chi connectivity index (χ0v) is 13.1. The van der Waals surface area contributed by atoms with E-state index in [2.05, 4.69) is 39.1 Å². The van der Waals surface area contributed by atoms with Gasteiger partial charge in [0.25, 0.3) is 0 Å². The Morgan fingerprint density at radius 3 is 3.00 bits per heavy atom. The molecular formula is C15H19N3S2. The van der Waals surface area contributed by atoms with Gasteiger partial charge in [-0.25, -0.2) is 9.97 Å². The van der Waals surface area contributed by atoms with Crippen LogP contribution in [0.2, 0.25) is 0 Å². The van der Waals surface area contributed by atoms with Crippen molar-refractivity contribution in [3.05, 3.63) is 24.2 Å². The molecule has 0 aromatic carbocycles. The lowest BCUT2D eigenvalue weighted by atomic mass is 10.1. The van der Waals surface area contributed by atoms with Gasteiger partial charge in [0.2, 0.25) is 0 Å². The Bertz CT molecular complexity index is 598. The molecule has 0 radical (unpaired) electrons. The normalized spacial score (nSPS) is 27.2. The zero-order valence-electron chi connectivity index (χ0n) is 11.5. The van der Waals surface area contributed by atoms with E-state index >= 15 is 0 Å². The van der Waals surface area contributed by atoms with E-state index in [9.17, 15) is 0 Å². The molecule has 2 fully saturated rings. The summed E-state index contributed by atoms with van der Waals surface area (Å²) in [6.45, 7) is 0. The molecule has 2 aliphatic rings. The molecule has 4 heterocycles. The van der Waals surface area contributed by atoms with Crippen LogP contribution in [-0.2, 0) is 0 Å². The van der Waals surface area contributed by atoms with E-state index in [1.165, 1.54) is 48.8 Å². The first-order valence-electron chi connectivity index (χ1n) is 7.45. The van der Waals surface area contributed by atoms with Gasteiger partial charge in [0.1, 0.15) is 11.3 Å². The van der Waals surface area contributed by atoms with Crippen LogP contribution in [0.1, 0.15) is 42.8 Å². The van der Waals surface area contributed by atoms with Crippen molar-refractivity contribution >= 4 is 34.7 Å². The SMILES string of the molecule is c1cnc2c(c1)nc(C1CCSC1)n2C1CCCCS1. The van der Waals surface area contributed by atoms with Gasteiger partial charge in [-0.2, -0.15) is 11.8 Å². The molecule has 0 amide bonds. The van der Waals surface area contributed by atoms with Crippen molar-refractivity contribution in [3.63, 3.8) is 0 Å². The first-order valence-corrected chi connectivity index (χ1v) is 9.66. The second kappa shape index (κ2) is 5.60. The summed E-state index contributed by atoms with van der Waals surface area (Å²) in [6, 6.07) is 4.11. The van der Waals surface area contributed by atoms with Gasteiger partial charge in [-0.15, -0.1) is 11.8 Å². The highest BCUT2D eigenvalue weighted by Crippen LogP contribution is 2.41. The van der Waals surface area contributed by atoms with Gasteiger partial charge in [0.15, 0.2) is 5.65 Å². The van der Waals surface area contributed by atoms with Crippen LogP contribution in [0, 0.1) is 0 Å². The third-order valence-electron chi connectivity index (χ3n) is 4.21. The van der Waals surface area contributed by atoms with Crippen molar-refractivity contribution in [2.75, 3.05) is 17.3 Å². The molecular weight excluding hydrogens is 286 g/mol. The van der Waals surface area contributed by atoms with Crippen LogP contribution < -0.4 is 0 Å². The van der Waals surface area contributed by atoms with E-state index in [0.29, 0.717) is 11.3 Å². The number of nitrogens with zero attached hydrogens (tertiary/aromatic N) is 3. The lowest BCUT2D eigenvalue weighted by Crippen LogP contribution is -2.16. The number of thioether (sulfide) groups is 2. The minimum absolute atomic E-state index is 0.546. The smallest absolute Gasteiger partial charge is 0.160 e. The fourth-order valence-electron chi connectivity index (χ4n) is 3.18. The quantitative estimate of drug-likeness (QED) is 0.837. The van der Waals surface area contributed by atoms with Crippen LogP contribution in [0.15, 0.2) is 18.3 Å². The molecule has 2 aliphatic heterocycles. The Kier molecular flexibility index (Phi) is 3.65. The number of hydrogen-bond donors (Lipinski definition) is 0. The molecule has 0 spiro atoms. The number of hydrogen-bond acceptors (Lipinski definition) is 4. The number of fused-ring (bicyclic) bond motifs is 1. The summed E-state index contributed by atoms with van der Waals surface area (Å²) in [5.41, 5.74) is 2.17. The van der Waals surface area contributed by atoms with E-state index in [0.717, 1.165) is 11.2 Å². The summed E-state index contributed by atoms with van der Waals surface area (Å²) in [5, 5.41) is 0.546. The molecule has 2 unspecified atom stereocenters. The fourth-order valence-corrected chi connectivity index (χ4v) is 5.74. The van der Waals surface area contributed by atoms with Crippen molar-refractivity contribution in [1.29, 1.82) is 0 Å². The van der Waals surface area contributed by atoms with Gasteiger partial charge in [-0.05, 0) is 49.3 Å². The third-order valence-corrected chi connectivity index (χ3v) is 6.73. The minimum Gasteiger partial charge on any atom is -0.300 e. The molecule has 2 atom stereocenters. The predicted octanol–water partition coefficient (Wildman–Crippen LogP) is 4.07. The monoisotopic (exact) mass is 305 g/mol. The lowest BCUT2D eigenvalue weighted by molar-refractivity contribution is 0.540. The first-order chi connectivity index (χ1) is 9.93. The van der Waals surface area contributed by atoms with Gasteiger partial charge >= 0.3 is 0 Å². The van der Waals surface area contributed by atoms with Gasteiger partial charge in [0, 0.05) is 17.9 Å². The van der Waals surface area contributed by atoms with Crippen LogP contribution in [-0.4, -0.2) is 31.8 Å². The van der Waals surface area contributed by atoms with Gasteiger partial charge in [0.05, 0.1) is 5.37 Å². The standard InChI is InChI=1S/C15H19N3S2/c1-2-8-20-13(5-1)18-14(11-6-9-19-10-11)17-12-4-3-7-16-15(12)18/h3-4,7,11,13H,1-2,5-6,8-10H2. The molecule has 3 nitrogen and oxygen atoms in total. The van der Waals surface area contributed by atoms with Gasteiger partial charge in [-0.3, -0.25) is 4.57 Å². The predicted molar refractivity (Wildman–Crippen MR) is 87.6 cm³/mol. The summed E-state index contributed by atoms with van der Waals surface area (Å²) in [5.74, 6) is 5.69. The van der Waals surface area contributed by atoms with Gasteiger partial charge < -0.3 is 0 Å². The van der Waals surface area contributed by atoms with Gasteiger partial charge in [-0.1, -0.05) is 0 Å². The molecule has 0 saturated carbocycles. The van der Waals surface area contributed by atoms with Crippen LogP contribution in [0.5, 0.6) is 0 Å². The highest BCUT2D eigenvalue weighted by molar-refractivity contribution is 7.99. The van der Waals surface area contributed by atoms with Crippen LogP contribution >= 0.6 is 23.5 Å². The van der Waals surface area contributed by atoms with Crippen LogP contribution in [0.25, 0.3) is 11.2 Å². The van der Waals surface area contributed by atoms with E-state index in [4.69, 9.17) is 4.98 Å². The van der Waals surface area contributed by atoms with E-state index in [-0.39, 0.29) is 0 Å². The number of pyridine rings is 1. The maximum atomic E-state index is 4.94. The Labute approximate surface area is 127 Å². The zero-order chi connectivity index (χ0) is 13.4. The molecule has 5 heteroatoms. The maximum absolute atomic E-state index is 4.94. The van der Waals surface area contributed by atoms with Crippen LogP contribution in [0.3, 0.4) is 0 Å². The molecule has 0 aliphatic carbocycles. The lowest BCUT2D eigenvalue weighted by Gasteiger charge is -2.25. The van der Waals surface area contributed by atoms with E-state index in [1.54, 1.807) is 0 Å². The first kappa shape index (κ1) is 13.0. The summed E-state index contributed by atoms with van der Waals surface area (Å²) >= 11 is 4.15. The largest absolute Gasteiger partial charge is 0.300 e. The van der Waals surface area contributed by atoms with Crippen molar-refractivity contribution < 1.29 is 0 Å². The maximum Gasteiger partial charge on any atom is 0.160 e. The van der Waals surface area contributed by atoms with Crippen molar-refractivity contribution in [2.45, 2.75) is 37.0 Å². The van der Waals surface area contributed by atoms with Crippen molar-refractivity contribution in [2.24, 2.45) is 0 Å². The van der Waals surface area contributed by atoms with Crippen molar-refractivity contribution in [1.82, 2.24) is 14.5 Å². The second-order valence-electron chi connectivity index (χ2n) is 5.57. The highest BCUT2D eigenvalue weighted by Gasteiger charge is 2.28. The molecule has 2 saturated heterocycles. The summed E-state index contributed by atoms with van der Waals surface area (Å²) < 4.78 is 2.47. The average Bonchev–Trinajstić information content (AvgIpc) is 3.15. The topological polar surface area (TPSA) is 30.7 Å². The average molecular weight is 305 g/mol. The Balaban J connectivity index is 1.83. The Morgan fingerprint density at radius 2 is 2.20 bits per heavy atom. The molecule has 20 heavy (non-hydrogen) atoms. The molecule has 0 bridgehead atoms. The molecule has 4 rings (SSSR count). The molecule has 0 N–H and O–H groups in total. The number of imidazole rings is 1. The Morgan fingerprint density at radius 1 is 1.20 bits per heavy atom. The molecule has 2 aromatic rings. The number of rotatable bonds is 2. The van der Waals surface area contributed by atoms with E-state index in [1.807, 2.05) is 12.3 Å². The Hall–Kier alpha value is -0.680. The summed E-state index contributed by atoms with van der Waals surface area (Å²) in [7, 11) is 0. The summed E-state index contributed by atoms with van der Waals surface area (Å²) in [4.78, 5) is 9.57. The second-order valence-corrected chi connectivity index (χ2v) is 8.00. The highest BCUT2D eigenvalue weighted by atomic mass is 32.2.